The summed E-state index contributed by atoms with van der Waals surface area (Å²) in [5.41, 5.74) is 1.22. The maximum Gasteiger partial charge on any atom is 0.110 e. The highest BCUT2D eigenvalue weighted by atomic mass is 35.5. The Bertz CT molecular complexity index is 535. The summed E-state index contributed by atoms with van der Waals surface area (Å²) in [7, 11) is 0. The van der Waals surface area contributed by atoms with Crippen LogP contribution in [0.4, 0.5) is 0 Å². The minimum atomic E-state index is 0. The second-order valence-electron chi connectivity index (χ2n) is 4.63. The molecule has 3 rings (SSSR count). The fourth-order valence-electron chi connectivity index (χ4n) is 2.47. The maximum absolute atomic E-state index is 6.31. The number of rotatable bonds is 3. The molecule has 0 unspecified atom stereocenters. The number of morpholine rings is 1. The van der Waals surface area contributed by atoms with Gasteiger partial charge in [-0.15, -0.1) is 12.4 Å². The Morgan fingerprint density at radius 2 is 1.84 bits per heavy atom. The standard InChI is InChI=1S/C14H17ClN2O.ClH/c15-14-11-12-3-1-2-4-13(12)17(14)6-5-16-7-9-18-10-8-16;/h1-4,11H,5-10H2;1H. The predicted octanol–water partition coefficient (Wildman–Crippen LogP) is 3.05. The molecule has 0 amide bonds. The highest BCUT2D eigenvalue weighted by Crippen LogP contribution is 2.23. The molecular weight excluding hydrogens is 283 g/mol. The molecule has 1 fully saturated rings. The summed E-state index contributed by atoms with van der Waals surface area (Å²) < 4.78 is 7.54. The van der Waals surface area contributed by atoms with Gasteiger partial charge in [0.05, 0.1) is 13.2 Å². The van der Waals surface area contributed by atoms with Gasteiger partial charge >= 0.3 is 0 Å². The minimum Gasteiger partial charge on any atom is -0.379 e. The predicted molar refractivity (Wildman–Crippen MR) is 81.5 cm³/mol. The normalized spacial score (nSPS) is 16.5. The Balaban J connectivity index is 0.00000133. The number of hydrogen-bond donors (Lipinski definition) is 0. The first kappa shape index (κ1) is 14.7. The molecule has 0 saturated carbocycles. The Kier molecular flexibility index (Phi) is 5.11. The van der Waals surface area contributed by atoms with Crippen LogP contribution in [0.5, 0.6) is 0 Å². The van der Waals surface area contributed by atoms with Gasteiger partial charge in [0.2, 0.25) is 0 Å². The molecule has 1 aliphatic rings. The highest BCUT2D eigenvalue weighted by molar-refractivity contribution is 6.30. The fraction of sp³-hybridized carbons (Fsp3) is 0.429. The van der Waals surface area contributed by atoms with Gasteiger partial charge in [0.25, 0.3) is 0 Å². The first-order valence-corrected chi connectivity index (χ1v) is 6.76. The van der Waals surface area contributed by atoms with E-state index >= 15 is 0 Å². The van der Waals surface area contributed by atoms with Crippen molar-refractivity contribution in [3.8, 4) is 0 Å². The van der Waals surface area contributed by atoms with E-state index < -0.39 is 0 Å². The van der Waals surface area contributed by atoms with Crippen molar-refractivity contribution < 1.29 is 4.74 Å². The number of fused-ring (bicyclic) bond motifs is 1. The van der Waals surface area contributed by atoms with Gasteiger partial charge in [-0.2, -0.15) is 0 Å². The first-order valence-electron chi connectivity index (χ1n) is 6.38. The van der Waals surface area contributed by atoms with Crippen LogP contribution in [0.3, 0.4) is 0 Å². The number of aromatic nitrogens is 1. The van der Waals surface area contributed by atoms with E-state index in [0.29, 0.717) is 0 Å². The monoisotopic (exact) mass is 300 g/mol. The molecular formula is C14H18Cl2N2O. The third-order valence-electron chi connectivity index (χ3n) is 3.50. The van der Waals surface area contributed by atoms with Crippen molar-refractivity contribution in [3.05, 3.63) is 35.5 Å². The van der Waals surface area contributed by atoms with Crippen molar-refractivity contribution >= 4 is 34.9 Å². The lowest BCUT2D eigenvalue weighted by molar-refractivity contribution is 0.0365. The van der Waals surface area contributed by atoms with E-state index in [9.17, 15) is 0 Å². The summed E-state index contributed by atoms with van der Waals surface area (Å²) in [6.45, 7) is 5.71. The van der Waals surface area contributed by atoms with Crippen LogP contribution in [0.1, 0.15) is 0 Å². The summed E-state index contributed by atoms with van der Waals surface area (Å²) >= 11 is 6.31. The lowest BCUT2D eigenvalue weighted by Gasteiger charge is -2.26. The lowest BCUT2D eigenvalue weighted by Crippen LogP contribution is -2.38. The molecule has 1 aromatic carbocycles. The minimum absolute atomic E-state index is 0. The smallest absolute Gasteiger partial charge is 0.110 e. The van der Waals surface area contributed by atoms with E-state index in [0.717, 1.165) is 44.5 Å². The van der Waals surface area contributed by atoms with E-state index in [-0.39, 0.29) is 12.4 Å². The number of hydrogen-bond acceptors (Lipinski definition) is 2. The lowest BCUT2D eigenvalue weighted by atomic mass is 10.2. The van der Waals surface area contributed by atoms with Crippen molar-refractivity contribution in [2.75, 3.05) is 32.8 Å². The SMILES string of the molecule is Cl.Clc1cc2ccccc2n1CCN1CCOCC1. The van der Waals surface area contributed by atoms with Gasteiger partial charge in [-0.05, 0) is 12.1 Å². The number of para-hydroxylation sites is 1. The van der Waals surface area contributed by atoms with Gasteiger partial charge < -0.3 is 9.30 Å². The molecule has 0 spiro atoms. The summed E-state index contributed by atoms with van der Waals surface area (Å²) in [5.74, 6) is 0. The summed E-state index contributed by atoms with van der Waals surface area (Å²) in [6, 6.07) is 10.4. The van der Waals surface area contributed by atoms with E-state index in [4.69, 9.17) is 16.3 Å². The molecule has 3 nitrogen and oxygen atoms in total. The topological polar surface area (TPSA) is 17.4 Å². The van der Waals surface area contributed by atoms with Gasteiger partial charge in [-0.3, -0.25) is 4.90 Å². The molecule has 104 valence electrons. The van der Waals surface area contributed by atoms with E-state index in [1.807, 2.05) is 12.1 Å². The van der Waals surface area contributed by atoms with E-state index in [1.165, 1.54) is 10.9 Å². The molecule has 2 aromatic rings. The largest absolute Gasteiger partial charge is 0.379 e. The van der Waals surface area contributed by atoms with Gasteiger partial charge in [0.15, 0.2) is 0 Å². The fourth-order valence-corrected chi connectivity index (χ4v) is 2.76. The third-order valence-corrected chi connectivity index (χ3v) is 3.82. The molecule has 5 heteroatoms. The van der Waals surface area contributed by atoms with Crippen LogP contribution in [-0.4, -0.2) is 42.3 Å². The molecule has 1 saturated heterocycles. The van der Waals surface area contributed by atoms with E-state index in [1.54, 1.807) is 0 Å². The van der Waals surface area contributed by atoms with Crippen LogP contribution < -0.4 is 0 Å². The number of halogens is 2. The van der Waals surface area contributed by atoms with Crippen LogP contribution in [-0.2, 0) is 11.3 Å². The quantitative estimate of drug-likeness (QED) is 0.867. The average molecular weight is 301 g/mol. The number of ether oxygens (including phenoxy) is 1. The molecule has 0 N–H and O–H groups in total. The van der Waals surface area contributed by atoms with Crippen molar-refractivity contribution in [1.29, 1.82) is 0 Å². The Labute approximate surface area is 124 Å². The first-order chi connectivity index (χ1) is 8.84. The molecule has 1 aliphatic heterocycles. The third kappa shape index (κ3) is 3.23. The molecule has 0 radical (unpaired) electrons. The van der Waals surface area contributed by atoms with Crippen molar-refractivity contribution in [3.63, 3.8) is 0 Å². The van der Waals surface area contributed by atoms with Gasteiger partial charge in [-0.25, -0.2) is 0 Å². The van der Waals surface area contributed by atoms with Gasteiger partial charge in [-0.1, -0.05) is 29.8 Å². The zero-order chi connectivity index (χ0) is 12.4. The van der Waals surface area contributed by atoms with Crippen molar-refractivity contribution in [2.24, 2.45) is 0 Å². The zero-order valence-corrected chi connectivity index (χ0v) is 12.3. The molecule has 0 aliphatic carbocycles. The number of benzene rings is 1. The Morgan fingerprint density at radius 1 is 1.11 bits per heavy atom. The molecule has 0 bridgehead atoms. The van der Waals surface area contributed by atoms with Gasteiger partial charge in [0, 0.05) is 37.1 Å². The van der Waals surface area contributed by atoms with Crippen molar-refractivity contribution in [1.82, 2.24) is 9.47 Å². The molecule has 19 heavy (non-hydrogen) atoms. The van der Waals surface area contributed by atoms with E-state index in [2.05, 4.69) is 27.7 Å². The van der Waals surface area contributed by atoms with Crippen LogP contribution in [0.2, 0.25) is 5.15 Å². The molecule has 1 aromatic heterocycles. The summed E-state index contributed by atoms with van der Waals surface area (Å²) in [4.78, 5) is 2.43. The average Bonchev–Trinajstić information content (AvgIpc) is 2.73. The summed E-state index contributed by atoms with van der Waals surface area (Å²) in [5, 5.41) is 2.04. The van der Waals surface area contributed by atoms with Crippen LogP contribution in [0.15, 0.2) is 30.3 Å². The van der Waals surface area contributed by atoms with Crippen LogP contribution in [0.25, 0.3) is 10.9 Å². The molecule has 0 atom stereocenters. The molecule has 2 heterocycles. The Morgan fingerprint density at radius 3 is 2.63 bits per heavy atom. The van der Waals surface area contributed by atoms with Crippen molar-refractivity contribution in [2.45, 2.75) is 6.54 Å². The number of nitrogens with zero attached hydrogens (tertiary/aromatic N) is 2. The second-order valence-corrected chi connectivity index (χ2v) is 5.02. The highest BCUT2D eigenvalue weighted by Gasteiger charge is 2.12. The summed E-state index contributed by atoms with van der Waals surface area (Å²) in [6.07, 6.45) is 0. The maximum atomic E-state index is 6.31. The zero-order valence-electron chi connectivity index (χ0n) is 10.7. The van der Waals surface area contributed by atoms with Gasteiger partial charge in [0.1, 0.15) is 5.15 Å². The van der Waals surface area contributed by atoms with Crippen LogP contribution in [0, 0.1) is 0 Å². The second kappa shape index (κ2) is 6.62. The Hall–Kier alpha value is -0.740. The van der Waals surface area contributed by atoms with Crippen LogP contribution >= 0.6 is 24.0 Å².